The van der Waals surface area contributed by atoms with Crippen LogP contribution in [0.2, 0.25) is 0 Å². The van der Waals surface area contributed by atoms with Crippen LogP contribution >= 0.6 is 11.6 Å². The molecule has 0 aliphatic heterocycles. The summed E-state index contributed by atoms with van der Waals surface area (Å²) in [5.74, 6) is -0.110. The normalized spacial score (nSPS) is 11.8. The van der Waals surface area contributed by atoms with Gasteiger partial charge in [0.15, 0.2) is 0 Å². The van der Waals surface area contributed by atoms with Gasteiger partial charge >= 0.3 is 6.18 Å². The van der Waals surface area contributed by atoms with E-state index >= 15 is 0 Å². The summed E-state index contributed by atoms with van der Waals surface area (Å²) in [4.78, 5) is 0. The predicted molar refractivity (Wildman–Crippen MR) is 45.7 cm³/mol. The summed E-state index contributed by atoms with van der Waals surface area (Å²) in [7, 11) is 0. The fourth-order valence-corrected chi connectivity index (χ4v) is 1.50. The van der Waals surface area contributed by atoms with Gasteiger partial charge in [0.25, 0.3) is 0 Å². The lowest BCUT2D eigenvalue weighted by Crippen LogP contribution is -2.09. The number of benzene rings is 1. The Hall–Kier alpha value is -0.700. The standard InChI is InChI=1S/C9H8ClF3/c1-6-3-2-4-8(7(6)5-10)9(11,12)13/h2-4H,5H2,1H3. The minimum Gasteiger partial charge on any atom is -0.166 e. The van der Waals surface area contributed by atoms with E-state index in [1.54, 1.807) is 13.0 Å². The van der Waals surface area contributed by atoms with E-state index in [1.807, 2.05) is 0 Å². The molecule has 1 rings (SSSR count). The SMILES string of the molecule is Cc1cccc(C(F)(F)F)c1CCl. The molecule has 0 N–H and O–H groups in total. The monoisotopic (exact) mass is 208 g/mol. The molecule has 1 aromatic carbocycles. The van der Waals surface area contributed by atoms with Gasteiger partial charge in [-0.3, -0.25) is 0 Å². The predicted octanol–water partition coefficient (Wildman–Crippen LogP) is 3.75. The van der Waals surface area contributed by atoms with Crippen LogP contribution in [0.4, 0.5) is 13.2 Å². The Bertz CT molecular complexity index is 304. The maximum atomic E-state index is 12.4. The lowest BCUT2D eigenvalue weighted by Gasteiger charge is -2.12. The van der Waals surface area contributed by atoms with Crippen LogP contribution in [0.15, 0.2) is 18.2 Å². The van der Waals surface area contributed by atoms with Gasteiger partial charge in [-0.15, -0.1) is 11.6 Å². The van der Waals surface area contributed by atoms with E-state index in [9.17, 15) is 13.2 Å². The van der Waals surface area contributed by atoms with Crippen LogP contribution in [0, 0.1) is 6.92 Å². The second kappa shape index (κ2) is 3.58. The van der Waals surface area contributed by atoms with Crippen molar-refractivity contribution in [1.82, 2.24) is 0 Å². The molecule has 0 radical (unpaired) electrons. The molecule has 0 fully saturated rings. The Morgan fingerprint density at radius 1 is 1.31 bits per heavy atom. The second-order valence-corrected chi connectivity index (χ2v) is 3.00. The number of alkyl halides is 4. The zero-order chi connectivity index (χ0) is 10.1. The minimum absolute atomic E-state index is 0.110. The van der Waals surface area contributed by atoms with Crippen LogP contribution in [-0.4, -0.2) is 0 Å². The smallest absolute Gasteiger partial charge is 0.166 e. The van der Waals surface area contributed by atoms with Gasteiger partial charge in [-0.25, -0.2) is 0 Å². The fourth-order valence-electron chi connectivity index (χ4n) is 1.15. The minimum atomic E-state index is -4.31. The van der Waals surface area contributed by atoms with Crippen molar-refractivity contribution in [2.75, 3.05) is 0 Å². The largest absolute Gasteiger partial charge is 0.416 e. The maximum Gasteiger partial charge on any atom is 0.416 e. The molecule has 0 aromatic heterocycles. The van der Waals surface area contributed by atoms with Gasteiger partial charge in [-0.05, 0) is 24.1 Å². The third-order valence-corrected chi connectivity index (χ3v) is 2.12. The first-order valence-corrected chi connectivity index (χ1v) is 4.22. The van der Waals surface area contributed by atoms with Crippen molar-refractivity contribution in [1.29, 1.82) is 0 Å². The van der Waals surface area contributed by atoms with E-state index in [1.165, 1.54) is 6.07 Å². The average Bonchev–Trinajstić information content (AvgIpc) is 2.02. The second-order valence-electron chi connectivity index (χ2n) is 2.73. The highest BCUT2D eigenvalue weighted by Crippen LogP contribution is 2.33. The Balaban J connectivity index is 3.29. The molecule has 0 heterocycles. The maximum absolute atomic E-state index is 12.4. The number of aryl methyl sites for hydroxylation is 1. The zero-order valence-electron chi connectivity index (χ0n) is 6.95. The van der Waals surface area contributed by atoms with Gasteiger partial charge in [0, 0.05) is 5.88 Å². The van der Waals surface area contributed by atoms with Crippen LogP contribution in [0.3, 0.4) is 0 Å². The molecule has 0 aliphatic rings. The van der Waals surface area contributed by atoms with Crippen LogP contribution in [0.5, 0.6) is 0 Å². The summed E-state index contributed by atoms with van der Waals surface area (Å²) in [6.45, 7) is 1.62. The van der Waals surface area contributed by atoms with Crippen molar-refractivity contribution >= 4 is 11.6 Å². The number of rotatable bonds is 1. The quantitative estimate of drug-likeness (QED) is 0.617. The van der Waals surface area contributed by atoms with E-state index < -0.39 is 11.7 Å². The Labute approximate surface area is 79.3 Å². The Kier molecular flexibility index (Phi) is 2.86. The zero-order valence-corrected chi connectivity index (χ0v) is 7.71. The lowest BCUT2D eigenvalue weighted by atomic mass is 10.0. The average molecular weight is 209 g/mol. The number of halogens is 4. The van der Waals surface area contributed by atoms with Gasteiger partial charge in [0.05, 0.1) is 5.56 Å². The van der Waals surface area contributed by atoms with Crippen LogP contribution in [0.1, 0.15) is 16.7 Å². The number of hydrogen-bond donors (Lipinski definition) is 0. The lowest BCUT2D eigenvalue weighted by molar-refractivity contribution is -0.138. The molecule has 0 saturated heterocycles. The summed E-state index contributed by atoms with van der Waals surface area (Å²) in [5.41, 5.74) is 0.101. The Morgan fingerprint density at radius 2 is 1.92 bits per heavy atom. The summed E-state index contributed by atoms with van der Waals surface area (Å²) < 4.78 is 37.1. The van der Waals surface area contributed by atoms with Crippen molar-refractivity contribution < 1.29 is 13.2 Å². The van der Waals surface area contributed by atoms with Gasteiger partial charge in [0.2, 0.25) is 0 Å². The highest BCUT2D eigenvalue weighted by atomic mass is 35.5. The fraction of sp³-hybridized carbons (Fsp3) is 0.333. The van der Waals surface area contributed by atoms with Crippen molar-refractivity contribution in [3.63, 3.8) is 0 Å². The molecule has 0 amide bonds. The molecule has 0 unspecified atom stereocenters. The van der Waals surface area contributed by atoms with Gasteiger partial charge in [-0.1, -0.05) is 12.1 Å². The molecule has 72 valence electrons. The summed E-state index contributed by atoms with van der Waals surface area (Å²) in [6, 6.07) is 4.05. The van der Waals surface area contributed by atoms with Crippen molar-refractivity contribution in [2.24, 2.45) is 0 Å². The van der Waals surface area contributed by atoms with E-state index in [-0.39, 0.29) is 11.4 Å². The van der Waals surface area contributed by atoms with Gasteiger partial charge in [-0.2, -0.15) is 13.2 Å². The highest BCUT2D eigenvalue weighted by molar-refractivity contribution is 6.17. The third kappa shape index (κ3) is 2.15. The molecule has 0 nitrogen and oxygen atoms in total. The molecule has 0 spiro atoms. The first kappa shape index (κ1) is 10.4. The van der Waals surface area contributed by atoms with Crippen LogP contribution in [0.25, 0.3) is 0 Å². The first-order valence-electron chi connectivity index (χ1n) is 3.68. The van der Waals surface area contributed by atoms with E-state index in [0.29, 0.717) is 5.56 Å². The number of hydrogen-bond acceptors (Lipinski definition) is 0. The summed E-state index contributed by atoms with van der Waals surface area (Å²) >= 11 is 5.44. The topological polar surface area (TPSA) is 0 Å². The molecule has 4 heteroatoms. The van der Waals surface area contributed by atoms with Crippen LogP contribution in [-0.2, 0) is 12.1 Å². The van der Waals surface area contributed by atoms with Crippen molar-refractivity contribution in [3.05, 3.63) is 34.9 Å². The van der Waals surface area contributed by atoms with Gasteiger partial charge in [0.1, 0.15) is 0 Å². The molecular formula is C9H8ClF3. The molecular weight excluding hydrogens is 201 g/mol. The molecule has 0 aliphatic carbocycles. The molecule has 13 heavy (non-hydrogen) atoms. The van der Waals surface area contributed by atoms with Crippen molar-refractivity contribution in [2.45, 2.75) is 19.0 Å². The summed E-state index contributed by atoms with van der Waals surface area (Å²) in [5, 5.41) is 0. The molecule has 0 bridgehead atoms. The van der Waals surface area contributed by atoms with E-state index in [2.05, 4.69) is 0 Å². The van der Waals surface area contributed by atoms with Gasteiger partial charge < -0.3 is 0 Å². The summed E-state index contributed by atoms with van der Waals surface area (Å²) in [6.07, 6.45) is -4.31. The molecule has 0 atom stereocenters. The van der Waals surface area contributed by atoms with Crippen molar-refractivity contribution in [3.8, 4) is 0 Å². The third-order valence-electron chi connectivity index (χ3n) is 1.85. The molecule has 1 aromatic rings. The highest BCUT2D eigenvalue weighted by Gasteiger charge is 2.33. The molecule has 0 saturated carbocycles. The van der Waals surface area contributed by atoms with E-state index in [4.69, 9.17) is 11.6 Å². The first-order chi connectivity index (χ1) is 5.96. The Morgan fingerprint density at radius 3 is 2.31 bits per heavy atom. The van der Waals surface area contributed by atoms with E-state index in [0.717, 1.165) is 6.07 Å². The van der Waals surface area contributed by atoms with Crippen LogP contribution < -0.4 is 0 Å².